The molecule has 0 aliphatic heterocycles. The molecule has 0 radical (unpaired) electrons. The Hall–Kier alpha value is -1.28. The first kappa shape index (κ1) is 11.2. The van der Waals surface area contributed by atoms with E-state index in [9.17, 15) is 0 Å². The Labute approximate surface area is 97.1 Å². The monoisotopic (exact) mass is 216 g/mol. The summed E-state index contributed by atoms with van der Waals surface area (Å²) in [5.74, 6) is 0. The van der Waals surface area contributed by atoms with Crippen molar-refractivity contribution in [2.45, 2.75) is 33.2 Å². The van der Waals surface area contributed by atoms with Crippen LogP contribution in [-0.4, -0.2) is 10.6 Å². The van der Waals surface area contributed by atoms with Crippen LogP contribution in [0.5, 0.6) is 0 Å². The van der Waals surface area contributed by atoms with Gasteiger partial charge in [-0.05, 0) is 44.9 Å². The number of aromatic nitrogens is 1. The maximum atomic E-state index is 5.92. The average Bonchev–Trinajstić information content (AvgIpc) is 2.43. The minimum absolute atomic E-state index is 0.213. The molecule has 2 N–H and O–H groups in total. The molecule has 1 unspecified atom stereocenters. The summed E-state index contributed by atoms with van der Waals surface area (Å²) in [6, 6.07) is 6.84. The van der Waals surface area contributed by atoms with Gasteiger partial charge in [-0.3, -0.25) is 0 Å². The maximum absolute atomic E-state index is 5.92. The van der Waals surface area contributed by atoms with E-state index in [1.54, 1.807) is 0 Å². The molecule has 0 aliphatic rings. The minimum atomic E-state index is 0.213. The van der Waals surface area contributed by atoms with Gasteiger partial charge in [0, 0.05) is 29.7 Å². The molecule has 0 aliphatic carbocycles. The highest BCUT2D eigenvalue weighted by Gasteiger charge is 2.12. The molecule has 1 aromatic heterocycles. The summed E-state index contributed by atoms with van der Waals surface area (Å²) in [4.78, 5) is 0. The van der Waals surface area contributed by atoms with Crippen LogP contribution in [0.3, 0.4) is 0 Å². The van der Waals surface area contributed by atoms with Crippen molar-refractivity contribution in [3.8, 4) is 0 Å². The molecule has 0 bridgehead atoms. The van der Waals surface area contributed by atoms with Crippen molar-refractivity contribution < 1.29 is 0 Å². The zero-order valence-corrected chi connectivity index (χ0v) is 10.5. The van der Waals surface area contributed by atoms with Crippen LogP contribution in [0.1, 0.15) is 23.7 Å². The number of aryl methyl sites for hydroxylation is 2. The van der Waals surface area contributed by atoms with Gasteiger partial charge in [0.2, 0.25) is 0 Å². The average molecular weight is 216 g/mol. The predicted octanol–water partition coefficient (Wildman–Crippen LogP) is 2.68. The molecule has 2 aromatic rings. The zero-order chi connectivity index (χ0) is 11.9. The van der Waals surface area contributed by atoms with Gasteiger partial charge in [0.15, 0.2) is 0 Å². The SMILES string of the molecule is Cc1ccc2c(c1)c(CC(C)N)c(C)n2C. The van der Waals surface area contributed by atoms with Gasteiger partial charge in [0.25, 0.3) is 0 Å². The number of hydrogen-bond acceptors (Lipinski definition) is 1. The predicted molar refractivity (Wildman–Crippen MR) is 69.7 cm³/mol. The molecule has 0 saturated carbocycles. The van der Waals surface area contributed by atoms with E-state index >= 15 is 0 Å². The highest BCUT2D eigenvalue weighted by Crippen LogP contribution is 2.26. The van der Waals surface area contributed by atoms with Crippen molar-refractivity contribution in [3.05, 3.63) is 35.0 Å². The van der Waals surface area contributed by atoms with Crippen molar-refractivity contribution in [1.82, 2.24) is 4.57 Å². The van der Waals surface area contributed by atoms with Gasteiger partial charge in [-0.2, -0.15) is 0 Å². The molecule has 1 atom stereocenters. The first-order chi connectivity index (χ1) is 7.50. The van der Waals surface area contributed by atoms with Crippen LogP contribution in [-0.2, 0) is 13.5 Å². The van der Waals surface area contributed by atoms with Gasteiger partial charge in [-0.25, -0.2) is 0 Å². The third-order valence-electron chi connectivity index (χ3n) is 3.30. The molecule has 2 nitrogen and oxygen atoms in total. The second kappa shape index (κ2) is 3.95. The summed E-state index contributed by atoms with van der Waals surface area (Å²) in [6.45, 7) is 6.37. The van der Waals surface area contributed by atoms with Crippen LogP contribution in [0.2, 0.25) is 0 Å². The summed E-state index contributed by atoms with van der Waals surface area (Å²) >= 11 is 0. The molecule has 0 spiro atoms. The third-order valence-corrected chi connectivity index (χ3v) is 3.30. The van der Waals surface area contributed by atoms with Gasteiger partial charge >= 0.3 is 0 Å². The van der Waals surface area contributed by atoms with E-state index in [0.717, 1.165) is 6.42 Å². The highest BCUT2D eigenvalue weighted by molar-refractivity contribution is 5.86. The first-order valence-corrected chi connectivity index (χ1v) is 5.80. The van der Waals surface area contributed by atoms with Crippen molar-refractivity contribution >= 4 is 10.9 Å². The molecule has 1 aromatic carbocycles. The van der Waals surface area contributed by atoms with Crippen molar-refractivity contribution in [3.63, 3.8) is 0 Å². The third kappa shape index (κ3) is 1.74. The fourth-order valence-electron chi connectivity index (χ4n) is 2.34. The molecule has 0 fully saturated rings. The molecular weight excluding hydrogens is 196 g/mol. The Balaban J connectivity index is 2.70. The van der Waals surface area contributed by atoms with E-state index in [2.05, 4.69) is 50.6 Å². The summed E-state index contributed by atoms with van der Waals surface area (Å²) in [7, 11) is 2.12. The van der Waals surface area contributed by atoms with E-state index in [0.29, 0.717) is 0 Å². The van der Waals surface area contributed by atoms with Gasteiger partial charge in [-0.1, -0.05) is 11.6 Å². The Morgan fingerprint density at radius 2 is 2.00 bits per heavy atom. The maximum Gasteiger partial charge on any atom is 0.0482 e. The van der Waals surface area contributed by atoms with E-state index in [4.69, 9.17) is 5.73 Å². The van der Waals surface area contributed by atoms with E-state index < -0.39 is 0 Å². The standard InChI is InChI=1S/C14H20N2/c1-9-5-6-14-13(7-9)12(8-10(2)15)11(3)16(14)4/h5-7,10H,8,15H2,1-4H3. The second-order valence-electron chi connectivity index (χ2n) is 4.82. The zero-order valence-electron chi connectivity index (χ0n) is 10.5. The Kier molecular flexibility index (Phi) is 2.76. The lowest BCUT2D eigenvalue weighted by Crippen LogP contribution is -2.18. The van der Waals surface area contributed by atoms with Crippen molar-refractivity contribution in [2.75, 3.05) is 0 Å². The minimum Gasteiger partial charge on any atom is -0.348 e. The van der Waals surface area contributed by atoms with Crippen LogP contribution < -0.4 is 5.73 Å². The molecule has 0 amide bonds. The van der Waals surface area contributed by atoms with E-state index in [-0.39, 0.29) is 6.04 Å². The molecule has 1 heterocycles. The molecule has 86 valence electrons. The fraction of sp³-hybridized carbons (Fsp3) is 0.429. The lowest BCUT2D eigenvalue weighted by atomic mass is 10.0. The second-order valence-corrected chi connectivity index (χ2v) is 4.82. The smallest absolute Gasteiger partial charge is 0.0482 e. The summed E-state index contributed by atoms with van der Waals surface area (Å²) in [5.41, 5.74) is 11.3. The lowest BCUT2D eigenvalue weighted by molar-refractivity contribution is 0.732. The summed E-state index contributed by atoms with van der Waals surface area (Å²) in [6.07, 6.45) is 0.951. The Morgan fingerprint density at radius 1 is 1.31 bits per heavy atom. The van der Waals surface area contributed by atoms with Gasteiger partial charge in [-0.15, -0.1) is 0 Å². The summed E-state index contributed by atoms with van der Waals surface area (Å²) < 4.78 is 2.26. The van der Waals surface area contributed by atoms with Crippen molar-refractivity contribution in [1.29, 1.82) is 0 Å². The fourth-order valence-corrected chi connectivity index (χ4v) is 2.34. The highest BCUT2D eigenvalue weighted by atomic mass is 14.9. The first-order valence-electron chi connectivity index (χ1n) is 5.80. The lowest BCUT2D eigenvalue weighted by Gasteiger charge is -2.05. The van der Waals surface area contributed by atoms with Crippen LogP contribution in [0.15, 0.2) is 18.2 Å². The van der Waals surface area contributed by atoms with Crippen LogP contribution in [0.25, 0.3) is 10.9 Å². The van der Waals surface area contributed by atoms with E-state index in [1.165, 1.54) is 27.7 Å². The number of rotatable bonds is 2. The number of nitrogens with zero attached hydrogens (tertiary/aromatic N) is 1. The quantitative estimate of drug-likeness (QED) is 0.822. The number of nitrogens with two attached hydrogens (primary N) is 1. The topological polar surface area (TPSA) is 30.9 Å². The molecular formula is C14H20N2. The molecule has 2 rings (SSSR count). The van der Waals surface area contributed by atoms with Crippen LogP contribution in [0.4, 0.5) is 0 Å². The van der Waals surface area contributed by atoms with Gasteiger partial charge in [0.05, 0.1) is 0 Å². The number of fused-ring (bicyclic) bond motifs is 1. The van der Waals surface area contributed by atoms with E-state index in [1.807, 2.05) is 0 Å². The Morgan fingerprint density at radius 3 is 2.62 bits per heavy atom. The molecule has 0 saturated heterocycles. The van der Waals surface area contributed by atoms with Gasteiger partial charge < -0.3 is 10.3 Å². The Bertz CT molecular complexity index is 521. The van der Waals surface area contributed by atoms with Crippen LogP contribution >= 0.6 is 0 Å². The number of benzene rings is 1. The molecule has 2 heteroatoms. The van der Waals surface area contributed by atoms with Gasteiger partial charge in [0.1, 0.15) is 0 Å². The summed E-state index contributed by atoms with van der Waals surface area (Å²) in [5, 5.41) is 1.36. The van der Waals surface area contributed by atoms with Crippen molar-refractivity contribution in [2.24, 2.45) is 12.8 Å². The molecule has 16 heavy (non-hydrogen) atoms. The number of hydrogen-bond donors (Lipinski definition) is 1. The van der Waals surface area contributed by atoms with Crippen LogP contribution in [0, 0.1) is 13.8 Å². The largest absolute Gasteiger partial charge is 0.348 e. The normalized spacial score (nSPS) is 13.3.